The standard InChI is InChI=1S/C10H15N3O3/c1-12-9(14)4-5-13-10(15)8-3-2-7(6-11)16-8/h2-3H,4-6,11H2,1H3,(H,12,14)(H,13,15). The molecule has 0 aliphatic heterocycles. The Hall–Kier alpha value is -1.82. The molecule has 0 aliphatic rings. The second-order valence-corrected chi connectivity index (χ2v) is 3.15. The SMILES string of the molecule is CNC(=O)CCNC(=O)c1ccc(CN)o1. The van der Waals surface area contributed by atoms with Gasteiger partial charge >= 0.3 is 0 Å². The molecule has 0 saturated heterocycles. The van der Waals surface area contributed by atoms with Crippen LogP contribution in [0.5, 0.6) is 0 Å². The molecule has 1 aromatic rings. The third-order valence-electron chi connectivity index (χ3n) is 2.00. The van der Waals surface area contributed by atoms with Gasteiger partial charge in [-0.3, -0.25) is 9.59 Å². The van der Waals surface area contributed by atoms with E-state index in [-0.39, 0.29) is 37.1 Å². The number of hydrogen-bond donors (Lipinski definition) is 3. The van der Waals surface area contributed by atoms with Crippen LogP contribution < -0.4 is 16.4 Å². The van der Waals surface area contributed by atoms with Gasteiger partial charge < -0.3 is 20.8 Å². The number of hydrogen-bond acceptors (Lipinski definition) is 4. The van der Waals surface area contributed by atoms with Gasteiger partial charge in [-0.05, 0) is 12.1 Å². The molecule has 1 aromatic heterocycles. The van der Waals surface area contributed by atoms with Gasteiger partial charge in [0.2, 0.25) is 5.91 Å². The first kappa shape index (κ1) is 12.3. The molecule has 4 N–H and O–H groups in total. The van der Waals surface area contributed by atoms with Gasteiger partial charge in [0.1, 0.15) is 5.76 Å². The summed E-state index contributed by atoms with van der Waals surface area (Å²) >= 11 is 0. The Bertz CT molecular complexity index is 373. The first-order valence-electron chi connectivity index (χ1n) is 4.95. The third kappa shape index (κ3) is 3.39. The predicted molar refractivity (Wildman–Crippen MR) is 57.6 cm³/mol. The van der Waals surface area contributed by atoms with E-state index in [1.165, 1.54) is 0 Å². The van der Waals surface area contributed by atoms with Crippen molar-refractivity contribution in [3.63, 3.8) is 0 Å². The number of rotatable bonds is 5. The minimum absolute atomic E-state index is 0.123. The summed E-state index contributed by atoms with van der Waals surface area (Å²) in [5.74, 6) is 0.291. The van der Waals surface area contributed by atoms with E-state index in [1.54, 1.807) is 19.2 Å². The lowest BCUT2D eigenvalue weighted by atomic mass is 10.3. The van der Waals surface area contributed by atoms with E-state index >= 15 is 0 Å². The van der Waals surface area contributed by atoms with Crippen LogP contribution >= 0.6 is 0 Å². The molecule has 0 bridgehead atoms. The van der Waals surface area contributed by atoms with Crippen LogP contribution in [0.3, 0.4) is 0 Å². The number of furan rings is 1. The largest absolute Gasteiger partial charge is 0.455 e. The number of carbonyl (C=O) groups is 2. The lowest BCUT2D eigenvalue weighted by molar-refractivity contribution is -0.120. The van der Waals surface area contributed by atoms with E-state index in [9.17, 15) is 9.59 Å². The van der Waals surface area contributed by atoms with Crippen molar-refractivity contribution in [1.82, 2.24) is 10.6 Å². The number of amides is 2. The summed E-state index contributed by atoms with van der Waals surface area (Å²) in [7, 11) is 1.55. The topological polar surface area (TPSA) is 97.4 Å². The fourth-order valence-corrected chi connectivity index (χ4v) is 1.11. The molecule has 1 heterocycles. The summed E-state index contributed by atoms with van der Waals surface area (Å²) in [4.78, 5) is 22.3. The van der Waals surface area contributed by atoms with Crippen LogP contribution in [0.15, 0.2) is 16.5 Å². The zero-order chi connectivity index (χ0) is 12.0. The highest BCUT2D eigenvalue weighted by Crippen LogP contribution is 2.06. The van der Waals surface area contributed by atoms with Crippen molar-refractivity contribution in [2.24, 2.45) is 5.73 Å². The van der Waals surface area contributed by atoms with E-state index in [2.05, 4.69) is 10.6 Å². The minimum Gasteiger partial charge on any atom is -0.455 e. The molecule has 0 atom stereocenters. The van der Waals surface area contributed by atoms with Crippen molar-refractivity contribution in [2.45, 2.75) is 13.0 Å². The molecular weight excluding hydrogens is 210 g/mol. The Balaban J connectivity index is 2.38. The molecule has 2 amide bonds. The lowest BCUT2D eigenvalue weighted by Gasteiger charge is -2.02. The molecule has 0 fully saturated rings. The predicted octanol–water partition coefficient (Wildman–Crippen LogP) is -0.396. The van der Waals surface area contributed by atoms with Crippen LogP contribution in [0.2, 0.25) is 0 Å². The summed E-state index contributed by atoms with van der Waals surface area (Å²) in [6, 6.07) is 3.20. The van der Waals surface area contributed by atoms with Gasteiger partial charge in [-0.15, -0.1) is 0 Å². The van der Waals surface area contributed by atoms with Crippen LogP contribution in [0.4, 0.5) is 0 Å². The molecule has 6 heteroatoms. The monoisotopic (exact) mass is 225 g/mol. The van der Waals surface area contributed by atoms with E-state index in [0.717, 1.165) is 0 Å². The molecule has 0 radical (unpaired) electrons. The highest BCUT2D eigenvalue weighted by molar-refractivity contribution is 5.91. The normalized spacial score (nSPS) is 9.88. The van der Waals surface area contributed by atoms with Gasteiger partial charge in [-0.25, -0.2) is 0 Å². The quantitative estimate of drug-likeness (QED) is 0.635. The van der Waals surface area contributed by atoms with Crippen LogP contribution in [-0.4, -0.2) is 25.4 Å². The molecule has 6 nitrogen and oxygen atoms in total. The molecule has 0 saturated carbocycles. The van der Waals surface area contributed by atoms with E-state index in [1.807, 2.05) is 0 Å². The van der Waals surface area contributed by atoms with Crippen molar-refractivity contribution in [3.8, 4) is 0 Å². The lowest BCUT2D eigenvalue weighted by Crippen LogP contribution is -2.28. The summed E-state index contributed by atoms with van der Waals surface area (Å²) < 4.78 is 5.14. The Morgan fingerprint density at radius 1 is 1.44 bits per heavy atom. The maximum Gasteiger partial charge on any atom is 0.287 e. The van der Waals surface area contributed by atoms with Crippen molar-refractivity contribution >= 4 is 11.8 Å². The highest BCUT2D eigenvalue weighted by atomic mass is 16.4. The smallest absolute Gasteiger partial charge is 0.287 e. The van der Waals surface area contributed by atoms with Crippen LogP contribution in [0.1, 0.15) is 22.7 Å². The van der Waals surface area contributed by atoms with E-state index < -0.39 is 0 Å². The van der Waals surface area contributed by atoms with Crippen molar-refractivity contribution in [1.29, 1.82) is 0 Å². The molecule has 88 valence electrons. The Morgan fingerprint density at radius 2 is 2.19 bits per heavy atom. The summed E-state index contributed by atoms with van der Waals surface area (Å²) in [6.45, 7) is 0.530. The average Bonchev–Trinajstić information content (AvgIpc) is 2.77. The summed E-state index contributed by atoms with van der Waals surface area (Å²) in [5.41, 5.74) is 5.34. The van der Waals surface area contributed by atoms with Gasteiger partial charge in [0.25, 0.3) is 5.91 Å². The molecule has 0 aromatic carbocycles. The molecule has 16 heavy (non-hydrogen) atoms. The Morgan fingerprint density at radius 3 is 2.75 bits per heavy atom. The molecule has 1 rings (SSSR count). The second-order valence-electron chi connectivity index (χ2n) is 3.15. The zero-order valence-corrected chi connectivity index (χ0v) is 9.08. The van der Waals surface area contributed by atoms with Gasteiger partial charge in [-0.1, -0.05) is 0 Å². The van der Waals surface area contributed by atoms with Crippen molar-refractivity contribution in [2.75, 3.05) is 13.6 Å². The molecular formula is C10H15N3O3. The molecule has 0 unspecified atom stereocenters. The summed E-state index contributed by atoms with van der Waals surface area (Å²) in [5, 5.41) is 5.03. The zero-order valence-electron chi connectivity index (χ0n) is 9.08. The second kappa shape index (κ2) is 5.92. The van der Waals surface area contributed by atoms with Gasteiger partial charge in [0.15, 0.2) is 5.76 Å². The molecule has 0 aliphatic carbocycles. The minimum atomic E-state index is -0.344. The first-order valence-corrected chi connectivity index (χ1v) is 4.95. The highest BCUT2D eigenvalue weighted by Gasteiger charge is 2.10. The maximum atomic E-state index is 11.5. The Kier molecular flexibility index (Phi) is 4.53. The van der Waals surface area contributed by atoms with E-state index in [0.29, 0.717) is 5.76 Å². The van der Waals surface area contributed by atoms with Gasteiger partial charge in [0, 0.05) is 20.0 Å². The number of nitrogens with two attached hydrogens (primary N) is 1. The van der Waals surface area contributed by atoms with Gasteiger partial charge in [-0.2, -0.15) is 0 Å². The maximum absolute atomic E-state index is 11.5. The average molecular weight is 225 g/mol. The fourth-order valence-electron chi connectivity index (χ4n) is 1.11. The number of carbonyl (C=O) groups excluding carboxylic acids is 2. The van der Waals surface area contributed by atoms with Crippen LogP contribution in [-0.2, 0) is 11.3 Å². The van der Waals surface area contributed by atoms with Crippen LogP contribution in [0, 0.1) is 0 Å². The Labute approximate surface area is 93.2 Å². The van der Waals surface area contributed by atoms with Crippen molar-refractivity contribution < 1.29 is 14.0 Å². The number of nitrogens with one attached hydrogen (secondary N) is 2. The first-order chi connectivity index (χ1) is 7.67. The third-order valence-corrected chi connectivity index (χ3v) is 2.00. The van der Waals surface area contributed by atoms with Gasteiger partial charge in [0.05, 0.1) is 6.54 Å². The molecule has 0 spiro atoms. The summed E-state index contributed by atoms with van der Waals surface area (Å²) in [6.07, 6.45) is 0.243. The van der Waals surface area contributed by atoms with Crippen LogP contribution in [0.25, 0.3) is 0 Å². The van der Waals surface area contributed by atoms with E-state index in [4.69, 9.17) is 10.2 Å². The fraction of sp³-hybridized carbons (Fsp3) is 0.400. The van der Waals surface area contributed by atoms with Crippen molar-refractivity contribution in [3.05, 3.63) is 23.7 Å².